The average molecular weight is 321 g/mol. The molecule has 1 fully saturated rings. The molecular weight excluding hydrogens is 302 g/mol. The molecule has 0 aliphatic heterocycles. The van der Waals surface area contributed by atoms with Crippen molar-refractivity contribution < 1.29 is 4.42 Å². The maximum atomic E-state index is 5.73. The van der Waals surface area contributed by atoms with Crippen molar-refractivity contribution in [1.82, 2.24) is 24.5 Å². The summed E-state index contributed by atoms with van der Waals surface area (Å²) < 4.78 is 9.46. The van der Waals surface area contributed by atoms with Gasteiger partial charge in [-0.05, 0) is 43.7 Å². The first-order valence-corrected chi connectivity index (χ1v) is 8.38. The molecule has 0 spiro atoms. The number of aryl methyl sites for hydroxylation is 2. The van der Waals surface area contributed by atoms with Crippen molar-refractivity contribution in [3.05, 3.63) is 48.3 Å². The Bertz CT molecular complexity index is 931. The first-order chi connectivity index (χ1) is 11.7. The smallest absolute Gasteiger partial charge is 0.217 e. The van der Waals surface area contributed by atoms with Gasteiger partial charge in [-0.15, -0.1) is 5.10 Å². The first kappa shape index (κ1) is 13.8. The Hall–Kier alpha value is -2.63. The zero-order valence-electron chi connectivity index (χ0n) is 13.8. The number of fused-ring (bicyclic) bond motifs is 2. The second-order valence-corrected chi connectivity index (χ2v) is 6.87. The molecule has 5 rings (SSSR count). The lowest BCUT2D eigenvalue weighted by atomic mass is 9.93. The van der Waals surface area contributed by atoms with Crippen LogP contribution in [0.4, 0.5) is 0 Å². The van der Waals surface area contributed by atoms with E-state index in [0.717, 1.165) is 29.5 Å². The third-order valence-electron chi connectivity index (χ3n) is 5.14. The number of nitrogens with zero attached hydrogens (tertiary/aromatic N) is 5. The molecule has 24 heavy (non-hydrogen) atoms. The third kappa shape index (κ3) is 2.06. The van der Waals surface area contributed by atoms with Gasteiger partial charge in [0.05, 0.1) is 12.4 Å². The molecule has 0 aromatic carbocycles. The molecule has 0 saturated heterocycles. The Labute approximate surface area is 139 Å². The highest BCUT2D eigenvalue weighted by atomic mass is 16.3. The lowest BCUT2D eigenvalue weighted by Crippen LogP contribution is -2.12. The number of furan rings is 1. The Balaban J connectivity index is 1.63. The fraction of sp³-hybridized carbons (Fsp3) is 0.389. The summed E-state index contributed by atoms with van der Waals surface area (Å²) in [4.78, 5) is 4.87. The van der Waals surface area contributed by atoms with Gasteiger partial charge >= 0.3 is 0 Å². The van der Waals surface area contributed by atoms with E-state index in [1.54, 1.807) is 4.68 Å². The van der Waals surface area contributed by atoms with Gasteiger partial charge in [0.1, 0.15) is 17.3 Å². The van der Waals surface area contributed by atoms with Gasteiger partial charge in [0, 0.05) is 13.0 Å². The molecular formula is C18H19N5O. The van der Waals surface area contributed by atoms with Crippen molar-refractivity contribution in [3.63, 3.8) is 0 Å². The number of rotatable bonds is 3. The molecule has 2 bridgehead atoms. The van der Waals surface area contributed by atoms with Crippen LogP contribution in [-0.4, -0.2) is 24.5 Å². The molecule has 0 N–H and O–H groups in total. The van der Waals surface area contributed by atoms with Crippen LogP contribution in [-0.2, 0) is 7.05 Å². The molecule has 1 saturated carbocycles. The molecule has 3 atom stereocenters. The third-order valence-corrected chi connectivity index (χ3v) is 5.14. The standard InChI is InChI=1S/C18H19N5O/c1-11-3-6-16(24-11)17-20-18(15-8-12-4-5-13(15)7-12)23(21-17)14-9-19-22(2)10-14/h3-6,9-10,12-13,15H,7-8H2,1-2H3/t12-,13+,15-/m1/s1. The second kappa shape index (κ2) is 4.93. The van der Waals surface area contributed by atoms with E-state index < -0.39 is 0 Å². The summed E-state index contributed by atoms with van der Waals surface area (Å²) in [5, 5.41) is 9.03. The van der Waals surface area contributed by atoms with Crippen LogP contribution in [0, 0.1) is 18.8 Å². The summed E-state index contributed by atoms with van der Waals surface area (Å²) in [5.41, 5.74) is 0.946. The minimum absolute atomic E-state index is 0.414. The fourth-order valence-electron chi connectivity index (χ4n) is 4.01. The zero-order valence-corrected chi connectivity index (χ0v) is 13.8. The van der Waals surface area contributed by atoms with E-state index in [-0.39, 0.29) is 0 Å². The predicted molar refractivity (Wildman–Crippen MR) is 88.7 cm³/mol. The van der Waals surface area contributed by atoms with E-state index in [4.69, 9.17) is 14.5 Å². The second-order valence-electron chi connectivity index (χ2n) is 6.87. The highest BCUT2D eigenvalue weighted by Gasteiger charge is 2.39. The van der Waals surface area contributed by atoms with Crippen molar-refractivity contribution >= 4 is 0 Å². The SMILES string of the molecule is Cc1ccc(-c2nc([C@@H]3C[C@@H]4C=C[C@H]3C4)n(-c3cnn(C)c3)n2)o1. The molecule has 2 aliphatic rings. The molecule has 3 aromatic heterocycles. The zero-order chi connectivity index (χ0) is 16.3. The highest BCUT2D eigenvalue weighted by molar-refractivity contribution is 5.48. The van der Waals surface area contributed by atoms with Gasteiger partial charge < -0.3 is 4.42 Å². The van der Waals surface area contributed by atoms with Gasteiger partial charge in [-0.3, -0.25) is 4.68 Å². The molecule has 122 valence electrons. The Kier molecular flexibility index (Phi) is 2.83. The molecule has 0 unspecified atom stereocenters. The normalized spacial score (nSPS) is 25.0. The number of allylic oxidation sites excluding steroid dienone is 2. The Morgan fingerprint density at radius 2 is 2.12 bits per heavy atom. The first-order valence-electron chi connectivity index (χ1n) is 8.38. The van der Waals surface area contributed by atoms with Crippen molar-refractivity contribution in [3.8, 4) is 17.3 Å². The lowest BCUT2D eigenvalue weighted by molar-refractivity contribution is 0.536. The van der Waals surface area contributed by atoms with Crippen LogP contribution in [0.5, 0.6) is 0 Å². The highest BCUT2D eigenvalue weighted by Crippen LogP contribution is 2.48. The van der Waals surface area contributed by atoms with E-state index in [1.165, 1.54) is 6.42 Å². The minimum atomic E-state index is 0.414. The summed E-state index contributed by atoms with van der Waals surface area (Å²) >= 11 is 0. The fourth-order valence-corrected chi connectivity index (χ4v) is 4.01. The number of aromatic nitrogens is 5. The maximum Gasteiger partial charge on any atom is 0.217 e. The van der Waals surface area contributed by atoms with Crippen LogP contribution in [0.3, 0.4) is 0 Å². The van der Waals surface area contributed by atoms with Gasteiger partial charge in [-0.25, -0.2) is 9.67 Å². The van der Waals surface area contributed by atoms with Gasteiger partial charge in [0.25, 0.3) is 0 Å². The van der Waals surface area contributed by atoms with E-state index in [1.807, 2.05) is 43.2 Å². The van der Waals surface area contributed by atoms with Gasteiger partial charge in [0.2, 0.25) is 5.82 Å². The van der Waals surface area contributed by atoms with Crippen LogP contribution >= 0.6 is 0 Å². The predicted octanol–water partition coefficient (Wildman–Crippen LogP) is 3.25. The van der Waals surface area contributed by atoms with Gasteiger partial charge in [-0.2, -0.15) is 5.10 Å². The van der Waals surface area contributed by atoms with E-state index in [2.05, 4.69) is 17.3 Å². The summed E-state index contributed by atoms with van der Waals surface area (Å²) in [5.74, 6) is 4.92. The quantitative estimate of drug-likeness (QED) is 0.695. The van der Waals surface area contributed by atoms with Crippen LogP contribution in [0.25, 0.3) is 17.3 Å². The largest absolute Gasteiger partial charge is 0.458 e. The molecule has 0 amide bonds. The molecule has 6 nitrogen and oxygen atoms in total. The number of hydrogen-bond donors (Lipinski definition) is 0. The monoisotopic (exact) mass is 321 g/mol. The van der Waals surface area contributed by atoms with E-state index in [9.17, 15) is 0 Å². The Morgan fingerprint density at radius 3 is 2.75 bits per heavy atom. The summed E-state index contributed by atoms with van der Waals surface area (Å²) in [6, 6.07) is 3.88. The summed E-state index contributed by atoms with van der Waals surface area (Å²) in [7, 11) is 1.91. The molecule has 3 aromatic rings. The van der Waals surface area contributed by atoms with Crippen molar-refractivity contribution in [1.29, 1.82) is 0 Å². The average Bonchev–Trinajstić information content (AvgIpc) is 3.35. The van der Waals surface area contributed by atoms with Gasteiger partial charge in [0.15, 0.2) is 5.76 Å². The summed E-state index contributed by atoms with van der Waals surface area (Å²) in [6.45, 7) is 1.93. The van der Waals surface area contributed by atoms with Crippen LogP contribution < -0.4 is 0 Å². The minimum Gasteiger partial charge on any atom is -0.458 e. The molecule has 3 heterocycles. The van der Waals surface area contributed by atoms with Crippen molar-refractivity contribution in [2.45, 2.75) is 25.7 Å². The molecule has 0 radical (unpaired) electrons. The van der Waals surface area contributed by atoms with Crippen LogP contribution in [0.1, 0.15) is 30.3 Å². The lowest BCUT2D eigenvalue weighted by Gasteiger charge is -2.17. The van der Waals surface area contributed by atoms with Crippen LogP contribution in [0.2, 0.25) is 0 Å². The van der Waals surface area contributed by atoms with Crippen LogP contribution in [0.15, 0.2) is 41.1 Å². The van der Waals surface area contributed by atoms with Crippen molar-refractivity contribution in [2.24, 2.45) is 18.9 Å². The van der Waals surface area contributed by atoms with Crippen molar-refractivity contribution in [2.75, 3.05) is 0 Å². The van der Waals surface area contributed by atoms with Gasteiger partial charge in [-0.1, -0.05) is 12.2 Å². The summed E-state index contributed by atoms with van der Waals surface area (Å²) in [6.07, 6.45) is 10.9. The topological polar surface area (TPSA) is 61.7 Å². The Morgan fingerprint density at radius 1 is 1.21 bits per heavy atom. The number of hydrogen-bond acceptors (Lipinski definition) is 4. The molecule has 2 aliphatic carbocycles. The maximum absolute atomic E-state index is 5.73. The molecule has 6 heteroatoms. The van der Waals surface area contributed by atoms with E-state index in [0.29, 0.717) is 23.6 Å². The van der Waals surface area contributed by atoms with E-state index >= 15 is 0 Å².